The lowest BCUT2D eigenvalue weighted by molar-refractivity contribution is 0.666. The molecule has 2 aromatic rings. The van der Waals surface area contributed by atoms with Crippen LogP contribution in [0.4, 0.5) is 0 Å². The van der Waals surface area contributed by atoms with E-state index in [1.165, 1.54) is 29.5 Å². The van der Waals surface area contributed by atoms with E-state index in [0.717, 1.165) is 5.69 Å². The molecular formula is C17H21N. The minimum Gasteiger partial charge on any atom is -0.256 e. The van der Waals surface area contributed by atoms with E-state index in [-0.39, 0.29) is 0 Å². The quantitative estimate of drug-likeness (QED) is 0.734. The van der Waals surface area contributed by atoms with Crippen LogP contribution in [0, 0.1) is 6.92 Å². The van der Waals surface area contributed by atoms with Crippen LogP contribution in [0.1, 0.15) is 43.7 Å². The van der Waals surface area contributed by atoms with Crippen LogP contribution in [0.15, 0.2) is 42.6 Å². The summed E-state index contributed by atoms with van der Waals surface area (Å²) in [5.41, 5.74) is 5.05. The van der Waals surface area contributed by atoms with E-state index in [9.17, 15) is 0 Å². The van der Waals surface area contributed by atoms with Crippen LogP contribution in [0.25, 0.3) is 11.3 Å². The molecule has 0 radical (unpaired) electrons. The van der Waals surface area contributed by atoms with Crippen LogP contribution < -0.4 is 0 Å². The molecule has 18 heavy (non-hydrogen) atoms. The molecule has 2 rings (SSSR count). The van der Waals surface area contributed by atoms with E-state index in [2.05, 4.69) is 56.1 Å². The summed E-state index contributed by atoms with van der Waals surface area (Å²) in [5.74, 6) is 0.591. The Morgan fingerprint density at radius 3 is 2.67 bits per heavy atom. The molecule has 0 aliphatic carbocycles. The van der Waals surface area contributed by atoms with Crippen LogP contribution in [-0.2, 0) is 0 Å². The molecular weight excluding hydrogens is 218 g/mol. The molecule has 0 N–H and O–H groups in total. The number of pyridine rings is 1. The first-order valence-corrected chi connectivity index (χ1v) is 6.74. The summed E-state index contributed by atoms with van der Waals surface area (Å²) in [6.07, 6.45) is 4.34. The summed E-state index contributed by atoms with van der Waals surface area (Å²) in [6, 6.07) is 12.9. The van der Waals surface area contributed by atoms with Gasteiger partial charge in [-0.3, -0.25) is 4.98 Å². The summed E-state index contributed by atoms with van der Waals surface area (Å²) in [4.78, 5) is 4.51. The van der Waals surface area contributed by atoms with Gasteiger partial charge in [0.25, 0.3) is 0 Å². The van der Waals surface area contributed by atoms with E-state index >= 15 is 0 Å². The Bertz CT molecular complexity index is 517. The lowest BCUT2D eigenvalue weighted by Gasteiger charge is -2.15. The van der Waals surface area contributed by atoms with Crippen molar-refractivity contribution in [2.75, 3.05) is 0 Å². The minimum absolute atomic E-state index is 0.591. The zero-order valence-corrected chi connectivity index (χ0v) is 11.5. The first-order chi connectivity index (χ1) is 8.72. The van der Waals surface area contributed by atoms with Gasteiger partial charge in [0.1, 0.15) is 0 Å². The Balaban J connectivity index is 2.44. The zero-order chi connectivity index (χ0) is 13.0. The second kappa shape index (κ2) is 5.81. The maximum Gasteiger partial charge on any atom is 0.0707 e. The molecule has 0 saturated heterocycles. The van der Waals surface area contributed by atoms with Gasteiger partial charge in [-0.05, 0) is 42.5 Å². The van der Waals surface area contributed by atoms with Crippen LogP contribution in [0.3, 0.4) is 0 Å². The molecule has 94 valence electrons. The molecule has 1 unspecified atom stereocenters. The monoisotopic (exact) mass is 239 g/mol. The van der Waals surface area contributed by atoms with Crippen LogP contribution in [0.5, 0.6) is 0 Å². The van der Waals surface area contributed by atoms with Gasteiger partial charge >= 0.3 is 0 Å². The normalized spacial score (nSPS) is 12.4. The molecule has 1 heteroatoms. The van der Waals surface area contributed by atoms with Crippen molar-refractivity contribution in [2.45, 2.75) is 39.5 Å². The summed E-state index contributed by atoms with van der Waals surface area (Å²) >= 11 is 0. The van der Waals surface area contributed by atoms with Crippen molar-refractivity contribution in [3.05, 3.63) is 53.7 Å². The number of hydrogen-bond donors (Lipinski definition) is 0. The molecule has 0 aliphatic rings. The highest BCUT2D eigenvalue weighted by atomic mass is 14.7. The van der Waals surface area contributed by atoms with Crippen molar-refractivity contribution in [2.24, 2.45) is 0 Å². The van der Waals surface area contributed by atoms with E-state index in [4.69, 9.17) is 0 Å². The largest absolute Gasteiger partial charge is 0.256 e. The number of aryl methyl sites for hydroxylation is 1. The second-order valence-corrected chi connectivity index (χ2v) is 5.00. The fraction of sp³-hybridized carbons (Fsp3) is 0.353. The second-order valence-electron chi connectivity index (χ2n) is 5.00. The summed E-state index contributed by atoms with van der Waals surface area (Å²) in [7, 11) is 0. The van der Waals surface area contributed by atoms with Gasteiger partial charge in [0.15, 0.2) is 0 Å². The van der Waals surface area contributed by atoms with E-state index in [0.29, 0.717) is 5.92 Å². The summed E-state index contributed by atoms with van der Waals surface area (Å²) in [5, 5.41) is 0. The van der Waals surface area contributed by atoms with Crippen LogP contribution in [-0.4, -0.2) is 4.98 Å². The maximum absolute atomic E-state index is 4.51. The standard InChI is InChI=1S/C17H21N/c1-4-7-14(3)15-8-5-6-9-16(15)17-12-13(2)10-11-18-17/h5-6,8-12,14H,4,7H2,1-3H3. The van der Waals surface area contributed by atoms with Gasteiger partial charge in [0.05, 0.1) is 5.69 Å². The lowest BCUT2D eigenvalue weighted by Crippen LogP contribution is -1.97. The maximum atomic E-state index is 4.51. The number of nitrogens with zero attached hydrogens (tertiary/aromatic N) is 1. The van der Waals surface area contributed by atoms with Crippen LogP contribution >= 0.6 is 0 Å². The van der Waals surface area contributed by atoms with E-state index in [1.54, 1.807) is 0 Å². The van der Waals surface area contributed by atoms with Crippen molar-refractivity contribution < 1.29 is 0 Å². The van der Waals surface area contributed by atoms with Crippen molar-refractivity contribution in [1.82, 2.24) is 4.98 Å². The fourth-order valence-electron chi connectivity index (χ4n) is 2.43. The Kier molecular flexibility index (Phi) is 4.14. The van der Waals surface area contributed by atoms with Crippen molar-refractivity contribution in [3.8, 4) is 11.3 Å². The molecule has 1 heterocycles. The SMILES string of the molecule is CCCC(C)c1ccccc1-c1cc(C)ccn1. The Morgan fingerprint density at radius 1 is 1.17 bits per heavy atom. The van der Waals surface area contributed by atoms with Gasteiger partial charge in [-0.15, -0.1) is 0 Å². The van der Waals surface area contributed by atoms with Gasteiger partial charge in [0.2, 0.25) is 0 Å². The van der Waals surface area contributed by atoms with Crippen molar-refractivity contribution in [3.63, 3.8) is 0 Å². The fourth-order valence-corrected chi connectivity index (χ4v) is 2.43. The first-order valence-electron chi connectivity index (χ1n) is 6.74. The molecule has 0 spiro atoms. The molecule has 1 atom stereocenters. The third-order valence-electron chi connectivity index (χ3n) is 3.40. The zero-order valence-electron chi connectivity index (χ0n) is 11.5. The van der Waals surface area contributed by atoms with Gasteiger partial charge in [-0.25, -0.2) is 0 Å². The Hall–Kier alpha value is -1.63. The number of hydrogen-bond acceptors (Lipinski definition) is 1. The molecule has 1 nitrogen and oxygen atoms in total. The Labute approximate surface area is 110 Å². The number of rotatable bonds is 4. The minimum atomic E-state index is 0.591. The number of aromatic nitrogens is 1. The summed E-state index contributed by atoms with van der Waals surface area (Å²) < 4.78 is 0. The topological polar surface area (TPSA) is 12.9 Å². The lowest BCUT2D eigenvalue weighted by atomic mass is 9.90. The first kappa shape index (κ1) is 12.8. The predicted octanol–water partition coefficient (Wildman–Crippen LogP) is 4.96. The molecule has 0 amide bonds. The molecule has 0 fully saturated rings. The number of benzene rings is 1. The highest BCUT2D eigenvalue weighted by Crippen LogP contribution is 2.30. The molecule has 0 bridgehead atoms. The third kappa shape index (κ3) is 2.79. The molecule has 1 aromatic heterocycles. The average molecular weight is 239 g/mol. The smallest absolute Gasteiger partial charge is 0.0707 e. The highest BCUT2D eigenvalue weighted by Gasteiger charge is 2.11. The van der Waals surface area contributed by atoms with Gasteiger partial charge < -0.3 is 0 Å². The predicted molar refractivity (Wildman–Crippen MR) is 77.7 cm³/mol. The van der Waals surface area contributed by atoms with Gasteiger partial charge in [-0.2, -0.15) is 0 Å². The third-order valence-corrected chi connectivity index (χ3v) is 3.40. The molecule has 0 saturated carbocycles. The van der Waals surface area contributed by atoms with Crippen molar-refractivity contribution >= 4 is 0 Å². The highest BCUT2D eigenvalue weighted by molar-refractivity contribution is 5.64. The van der Waals surface area contributed by atoms with Crippen LogP contribution in [0.2, 0.25) is 0 Å². The molecule has 0 aliphatic heterocycles. The van der Waals surface area contributed by atoms with E-state index in [1.807, 2.05) is 12.3 Å². The summed E-state index contributed by atoms with van der Waals surface area (Å²) in [6.45, 7) is 6.66. The Morgan fingerprint density at radius 2 is 1.94 bits per heavy atom. The average Bonchev–Trinajstić information content (AvgIpc) is 2.39. The van der Waals surface area contributed by atoms with Gasteiger partial charge in [0, 0.05) is 11.8 Å². The van der Waals surface area contributed by atoms with Crippen molar-refractivity contribution in [1.29, 1.82) is 0 Å². The van der Waals surface area contributed by atoms with E-state index < -0.39 is 0 Å². The molecule has 1 aromatic carbocycles. The van der Waals surface area contributed by atoms with Gasteiger partial charge in [-0.1, -0.05) is 44.5 Å².